The zero-order valence-corrected chi connectivity index (χ0v) is 12.8. The van der Waals surface area contributed by atoms with E-state index in [1.54, 1.807) is 24.3 Å². The van der Waals surface area contributed by atoms with Gasteiger partial charge < -0.3 is 5.73 Å². The Hall–Kier alpha value is -1.24. The fraction of sp³-hybridized carbons (Fsp3) is 0. The molecule has 0 aliphatic carbocycles. The van der Waals surface area contributed by atoms with Crippen molar-refractivity contribution in [2.75, 3.05) is 10.5 Å². The summed E-state index contributed by atoms with van der Waals surface area (Å²) in [4.78, 5) is 0.0137. The van der Waals surface area contributed by atoms with E-state index in [0.29, 0.717) is 15.8 Å². The van der Waals surface area contributed by atoms with Crippen LogP contribution in [-0.2, 0) is 10.0 Å². The van der Waals surface area contributed by atoms with E-state index < -0.39 is 10.0 Å². The van der Waals surface area contributed by atoms with E-state index in [1.165, 1.54) is 18.2 Å². The Kier molecular flexibility index (Phi) is 4.03. The fourth-order valence-corrected chi connectivity index (χ4v) is 3.59. The number of nitrogens with one attached hydrogen (secondary N) is 1. The first-order valence-corrected chi connectivity index (χ1v) is 7.87. The first kappa shape index (κ1) is 14.2. The second-order valence-electron chi connectivity index (χ2n) is 3.81. The highest BCUT2D eigenvalue weighted by atomic mass is 79.9. The minimum Gasteiger partial charge on any atom is -0.399 e. The Morgan fingerprint density at radius 2 is 1.89 bits per heavy atom. The van der Waals surface area contributed by atoms with Crippen LogP contribution in [0.15, 0.2) is 51.8 Å². The van der Waals surface area contributed by atoms with Crippen LogP contribution in [0, 0.1) is 0 Å². The Bertz CT molecular complexity index is 719. The molecule has 3 N–H and O–H groups in total. The predicted octanol–water partition coefficient (Wildman–Crippen LogP) is 3.49. The summed E-state index contributed by atoms with van der Waals surface area (Å²) < 4.78 is 27.5. The number of hydrogen-bond acceptors (Lipinski definition) is 3. The normalized spacial score (nSPS) is 11.3. The Morgan fingerprint density at radius 1 is 1.16 bits per heavy atom. The highest BCUT2D eigenvalue weighted by Gasteiger charge is 2.18. The molecule has 0 saturated heterocycles. The van der Waals surface area contributed by atoms with Gasteiger partial charge in [-0.3, -0.25) is 4.72 Å². The molecule has 0 atom stereocenters. The molecule has 4 nitrogen and oxygen atoms in total. The van der Waals surface area contributed by atoms with Crippen molar-refractivity contribution in [3.05, 3.63) is 52.0 Å². The summed E-state index contributed by atoms with van der Waals surface area (Å²) in [6, 6.07) is 11.0. The molecule has 0 heterocycles. The first-order chi connectivity index (χ1) is 8.88. The van der Waals surface area contributed by atoms with Gasteiger partial charge in [0.05, 0.1) is 10.7 Å². The lowest BCUT2D eigenvalue weighted by atomic mass is 10.3. The zero-order valence-electron chi connectivity index (χ0n) is 9.60. The molecule has 100 valence electrons. The second kappa shape index (κ2) is 5.40. The van der Waals surface area contributed by atoms with Crippen LogP contribution in [0.25, 0.3) is 0 Å². The lowest BCUT2D eigenvalue weighted by Gasteiger charge is -2.10. The van der Waals surface area contributed by atoms with Gasteiger partial charge in [0.1, 0.15) is 4.90 Å². The molecule has 19 heavy (non-hydrogen) atoms. The number of hydrogen-bond donors (Lipinski definition) is 2. The lowest BCUT2D eigenvalue weighted by Crippen LogP contribution is -2.13. The molecule has 2 rings (SSSR count). The van der Waals surface area contributed by atoms with E-state index in [1.807, 2.05) is 0 Å². The van der Waals surface area contributed by atoms with Crippen molar-refractivity contribution in [2.45, 2.75) is 4.90 Å². The molecule has 0 unspecified atom stereocenters. The molecule has 2 aromatic rings. The van der Waals surface area contributed by atoms with Gasteiger partial charge in [-0.05, 0) is 36.4 Å². The van der Waals surface area contributed by atoms with E-state index in [2.05, 4.69) is 20.7 Å². The minimum absolute atomic E-state index is 0.0137. The summed E-state index contributed by atoms with van der Waals surface area (Å²) in [5, 5.41) is 0.144. The van der Waals surface area contributed by atoms with Gasteiger partial charge in [-0.2, -0.15) is 0 Å². The zero-order chi connectivity index (χ0) is 14.0. The molecule has 0 spiro atoms. The largest absolute Gasteiger partial charge is 0.399 e. The summed E-state index contributed by atoms with van der Waals surface area (Å²) in [7, 11) is -3.74. The Balaban J connectivity index is 2.38. The average molecular weight is 362 g/mol. The van der Waals surface area contributed by atoms with Gasteiger partial charge in [0.15, 0.2) is 0 Å². The maximum absolute atomic E-state index is 12.2. The number of sulfonamides is 1. The van der Waals surface area contributed by atoms with Crippen molar-refractivity contribution in [3.63, 3.8) is 0 Å². The maximum Gasteiger partial charge on any atom is 0.263 e. The van der Waals surface area contributed by atoms with E-state index in [4.69, 9.17) is 17.3 Å². The van der Waals surface area contributed by atoms with Crippen molar-refractivity contribution in [1.82, 2.24) is 0 Å². The second-order valence-corrected chi connectivity index (χ2v) is 6.78. The molecule has 0 aliphatic rings. The van der Waals surface area contributed by atoms with Crippen molar-refractivity contribution < 1.29 is 8.42 Å². The van der Waals surface area contributed by atoms with Gasteiger partial charge in [-0.25, -0.2) is 8.42 Å². The molecule has 0 fully saturated rings. The summed E-state index contributed by atoms with van der Waals surface area (Å²) in [6.07, 6.45) is 0. The molecular formula is C12H10BrClN2O2S. The van der Waals surface area contributed by atoms with Crippen molar-refractivity contribution in [3.8, 4) is 0 Å². The van der Waals surface area contributed by atoms with Gasteiger partial charge >= 0.3 is 0 Å². The number of rotatable bonds is 3. The fourth-order valence-electron chi connectivity index (χ4n) is 1.51. The number of anilines is 2. The smallest absolute Gasteiger partial charge is 0.263 e. The van der Waals surface area contributed by atoms with Crippen molar-refractivity contribution in [2.24, 2.45) is 0 Å². The van der Waals surface area contributed by atoms with E-state index in [-0.39, 0.29) is 9.92 Å². The topological polar surface area (TPSA) is 72.2 Å². The third kappa shape index (κ3) is 3.40. The molecule has 7 heteroatoms. The van der Waals surface area contributed by atoms with Crippen LogP contribution in [0.2, 0.25) is 5.02 Å². The van der Waals surface area contributed by atoms with Gasteiger partial charge in [0.2, 0.25) is 0 Å². The summed E-state index contributed by atoms with van der Waals surface area (Å²) in [6.45, 7) is 0. The monoisotopic (exact) mass is 360 g/mol. The standard InChI is InChI=1S/C12H10BrClN2O2S/c13-8-4-5-12(11(14)6-8)19(17,18)16-10-3-1-2-9(15)7-10/h1-7,16H,15H2. The maximum atomic E-state index is 12.2. The van der Waals surface area contributed by atoms with Crippen LogP contribution in [0.3, 0.4) is 0 Å². The van der Waals surface area contributed by atoms with E-state index in [0.717, 1.165) is 0 Å². The molecule has 0 radical (unpaired) electrons. The molecular weight excluding hydrogens is 352 g/mol. The minimum atomic E-state index is -3.74. The summed E-state index contributed by atoms with van der Waals surface area (Å²) >= 11 is 9.16. The van der Waals surface area contributed by atoms with Crippen molar-refractivity contribution >= 4 is 48.9 Å². The number of halogens is 2. The molecule has 0 aromatic heterocycles. The van der Waals surface area contributed by atoms with Gasteiger partial charge in [-0.15, -0.1) is 0 Å². The quantitative estimate of drug-likeness (QED) is 0.822. The SMILES string of the molecule is Nc1cccc(NS(=O)(=O)c2ccc(Br)cc2Cl)c1. The lowest BCUT2D eigenvalue weighted by molar-refractivity contribution is 0.601. The summed E-state index contributed by atoms with van der Waals surface area (Å²) in [5.41, 5.74) is 6.46. The Morgan fingerprint density at radius 3 is 2.53 bits per heavy atom. The van der Waals surface area contributed by atoms with Crippen LogP contribution in [-0.4, -0.2) is 8.42 Å². The highest BCUT2D eigenvalue weighted by Crippen LogP contribution is 2.27. The molecule has 2 aromatic carbocycles. The third-order valence-electron chi connectivity index (χ3n) is 2.32. The molecule has 0 amide bonds. The van der Waals surface area contributed by atoms with Gasteiger partial charge in [0.25, 0.3) is 10.0 Å². The van der Waals surface area contributed by atoms with Crippen molar-refractivity contribution in [1.29, 1.82) is 0 Å². The summed E-state index contributed by atoms with van der Waals surface area (Å²) in [5.74, 6) is 0. The number of nitrogens with two attached hydrogens (primary N) is 1. The predicted molar refractivity (Wildman–Crippen MR) is 80.8 cm³/mol. The van der Waals surface area contributed by atoms with E-state index >= 15 is 0 Å². The van der Waals surface area contributed by atoms with E-state index in [9.17, 15) is 8.42 Å². The number of nitrogen functional groups attached to an aromatic ring is 1. The first-order valence-electron chi connectivity index (χ1n) is 5.22. The van der Waals surface area contributed by atoms with Crippen LogP contribution in [0.1, 0.15) is 0 Å². The molecule has 0 aliphatic heterocycles. The van der Waals surface area contributed by atoms with Gasteiger partial charge in [-0.1, -0.05) is 33.6 Å². The Labute approximate surface area is 124 Å². The van der Waals surface area contributed by atoms with Crippen LogP contribution < -0.4 is 10.5 Å². The number of benzene rings is 2. The highest BCUT2D eigenvalue weighted by molar-refractivity contribution is 9.10. The van der Waals surface area contributed by atoms with Crippen LogP contribution >= 0.6 is 27.5 Å². The van der Waals surface area contributed by atoms with Crippen LogP contribution in [0.4, 0.5) is 11.4 Å². The molecule has 0 bridgehead atoms. The van der Waals surface area contributed by atoms with Gasteiger partial charge in [0, 0.05) is 10.2 Å². The average Bonchev–Trinajstić information content (AvgIpc) is 2.27. The van der Waals surface area contributed by atoms with Crippen LogP contribution in [0.5, 0.6) is 0 Å². The molecule has 0 saturated carbocycles. The third-order valence-corrected chi connectivity index (χ3v) is 4.68.